The summed E-state index contributed by atoms with van der Waals surface area (Å²) >= 11 is 0. The number of aryl methyl sites for hydroxylation is 1. The van der Waals surface area contributed by atoms with Gasteiger partial charge in [0, 0.05) is 30.7 Å². The normalized spacial score (nSPS) is 18.2. The lowest BCUT2D eigenvalue weighted by atomic mass is 10.2. The molecule has 0 radical (unpaired) electrons. The first-order valence-electron chi connectivity index (χ1n) is 6.88. The molecule has 22 heavy (non-hydrogen) atoms. The highest BCUT2D eigenvalue weighted by molar-refractivity contribution is 5.92. The third-order valence-electron chi connectivity index (χ3n) is 3.33. The van der Waals surface area contributed by atoms with Gasteiger partial charge >= 0.3 is 0 Å². The Bertz CT molecular complexity index is 731. The average Bonchev–Trinajstić information content (AvgIpc) is 2.54. The van der Waals surface area contributed by atoms with Crippen molar-refractivity contribution in [2.45, 2.75) is 13.0 Å². The zero-order valence-corrected chi connectivity index (χ0v) is 12.0. The van der Waals surface area contributed by atoms with Crippen molar-refractivity contribution in [2.75, 3.05) is 19.7 Å². The van der Waals surface area contributed by atoms with Gasteiger partial charge in [0.15, 0.2) is 0 Å². The molecular weight excluding hydrogens is 286 g/mol. The Morgan fingerprint density at radius 2 is 2.32 bits per heavy atom. The van der Waals surface area contributed by atoms with Crippen LogP contribution in [0.1, 0.15) is 28.1 Å². The first-order chi connectivity index (χ1) is 10.6. The standard InChI is InChI=1S/C14H15N5O3/c1-9-6-12(20)18-13(17-9)11-8-19(4-5-22-11)14(21)10-7-15-2-3-16-10/h2-3,6-7,11H,4-5,8H2,1H3,(H,17,18,20). The Morgan fingerprint density at radius 1 is 1.45 bits per heavy atom. The van der Waals surface area contributed by atoms with Gasteiger partial charge < -0.3 is 14.6 Å². The summed E-state index contributed by atoms with van der Waals surface area (Å²) in [7, 11) is 0. The van der Waals surface area contributed by atoms with Gasteiger partial charge in [0.2, 0.25) is 0 Å². The molecule has 0 aromatic carbocycles. The fraction of sp³-hybridized carbons (Fsp3) is 0.357. The van der Waals surface area contributed by atoms with Gasteiger partial charge in [-0.05, 0) is 6.92 Å². The third kappa shape index (κ3) is 3.01. The molecule has 1 aliphatic heterocycles. The zero-order valence-electron chi connectivity index (χ0n) is 12.0. The van der Waals surface area contributed by atoms with Crippen LogP contribution >= 0.6 is 0 Å². The summed E-state index contributed by atoms with van der Waals surface area (Å²) in [5.41, 5.74) is 0.664. The summed E-state index contributed by atoms with van der Waals surface area (Å²) < 4.78 is 5.63. The van der Waals surface area contributed by atoms with Crippen molar-refractivity contribution in [3.05, 3.63) is 52.2 Å². The number of carbonyl (C=O) groups is 1. The van der Waals surface area contributed by atoms with E-state index in [1.54, 1.807) is 11.8 Å². The number of morpholine rings is 1. The fourth-order valence-corrected chi connectivity index (χ4v) is 2.33. The SMILES string of the molecule is Cc1cc(=O)[nH]c(C2CN(C(=O)c3cnccn3)CCO2)n1. The lowest BCUT2D eigenvalue weighted by molar-refractivity contribution is -0.0271. The van der Waals surface area contributed by atoms with Crippen molar-refractivity contribution >= 4 is 5.91 Å². The average molecular weight is 301 g/mol. The molecule has 8 heteroatoms. The molecule has 0 saturated carbocycles. The number of nitrogens with one attached hydrogen (secondary N) is 1. The van der Waals surface area contributed by atoms with Gasteiger partial charge in [-0.3, -0.25) is 14.6 Å². The van der Waals surface area contributed by atoms with Crippen LogP contribution in [-0.4, -0.2) is 50.4 Å². The lowest BCUT2D eigenvalue weighted by Gasteiger charge is -2.32. The molecule has 8 nitrogen and oxygen atoms in total. The van der Waals surface area contributed by atoms with Crippen LogP contribution in [0.2, 0.25) is 0 Å². The molecule has 114 valence electrons. The number of hydrogen-bond donors (Lipinski definition) is 1. The highest BCUT2D eigenvalue weighted by Crippen LogP contribution is 2.19. The minimum atomic E-state index is -0.457. The fourth-order valence-electron chi connectivity index (χ4n) is 2.33. The summed E-state index contributed by atoms with van der Waals surface area (Å²) in [4.78, 5) is 40.4. The van der Waals surface area contributed by atoms with E-state index >= 15 is 0 Å². The predicted octanol–water partition coefficient (Wildman–Crippen LogP) is 0.0820. The van der Waals surface area contributed by atoms with Crippen LogP contribution < -0.4 is 5.56 Å². The Morgan fingerprint density at radius 3 is 3.05 bits per heavy atom. The number of aromatic amines is 1. The second-order valence-corrected chi connectivity index (χ2v) is 4.97. The molecule has 1 saturated heterocycles. The van der Waals surface area contributed by atoms with E-state index in [9.17, 15) is 9.59 Å². The van der Waals surface area contributed by atoms with Gasteiger partial charge in [0.1, 0.15) is 17.6 Å². The second kappa shape index (κ2) is 6.02. The summed E-state index contributed by atoms with van der Waals surface area (Å²) in [5, 5.41) is 0. The molecule has 1 atom stereocenters. The quantitative estimate of drug-likeness (QED) is 0.843. The number of aromatic nitrogens is 4. The second-order valence-electron chi connectivity index (χ2n) is 4.97. The van der Waals surface area contributed by atoms with E-state index in [2.05, 4.69) is 19.9 Å². The highest BCUT2D eigenvalue weighted by Gasteiger charge is 2.28. The van der Waals surface area contributed by atoms with E-state index in [1.807, 2.05) is 0 Å². The predicted molar refractivity (Wildman–Crippen MR) is 76.2 cm³/mol. The van der Waals surface area contributed by atoms with Gasteiger partial charge in [0.05, 0.1) is 19.3 Å². The third-order valence-corrected chi connectivity index (χ3v) is 3.33. The van der Waals surface area contributed by atoms with E-state index in [-0.39, 0.29) is 17.2 Å². The maximum Gasteiger partial charge on any atom is 0.274 e. The van der Waals surface area contributed by atoms with Crippen LogP contribution in [0.15, 0.2) is 29.5 Å². The minimum Gasteiger partial charge on any atom is -0.367 e. The van der Waals surface area contributed by atoms with Gasteiger partial charge in [0.25, 0.3) is 11.5 Å². The summed E-state index contributed by atoms with van der Waals surface area (Å²) in [6, 6.07) is 1.41. The maximum atomic E-state index is 12.4. The van der Waals surface area contributed by atoms with Crippen LogP contribution in [0.25, 0.3) is 0 Å². The van der Waals surface area contributed by atoms with Gasteiger partial charge in [-0.1, -0.05) is 0 Å². The van der Waals surface area contributed by atoms with E-state index in [4.69, 9.17) is 4.74 Å². The first kappa shape index (κ1) is 14.3. The van der Waals surface area contributed by atoms with Crippen LogP contribution in [0.5, 0.6) is 0 Å². The molecule has 1 amide bonds. The molecule has 1 fully saturated rings. The molecule has 1 N–H and O–H groups in total. The zero-order chi connectivity index (χ0) is 15.5. The van der Waals surface area contributed by atoms with Crippen LogP contribution in [0.3, 0.4) is 0 Å². The molecule has 3 rings (SSSR count). The van der Waals surface area contributed by atoms with Crippen LogP contribution in [0.4, 0.5) is 0 Å². The first-order valence-corrected chi connectivity index (χ1v) is 6.88. The Kier molecular flexibility index (Phi) is 3.92. The van der Waals surface area contributed by atoms with E-state index in [0.29, 0.717) is 31.2 Å². The summed E-state index contributed by atoms with van der Waals surface area (Å²) in [5.74, 6) is 0.220. The van der Waals surface area contributed by atoms with Crippen molar-refractivity contribution in [2.24, 2.45) is 0 Å². The topological polar surface area (TPSA) is 101 Å². The molecule has 3 heterocycles. The van der Waals surface area contributed by atoms with Crippen molar-refractivity contribution in [3.63, 3.8) is 0 Å². The number of carbonyl (C=O) groups excluding carboxylic acids is 1. The number of H-pyrrole nitrogens is 1. The summed E-state index contributed by atoms with van der Waals surface area (Å²) in [6.07, 6.45) is 3.96. The van der Waals surface area contributed by atoms with Gasteiger partial charge in [-0.2, -0.15) is 0 Å². The Balaban J connectivity index is 1.79. The number of nitrogens with zero attached hydrogens (tertiary/aromatic N) is 4. The molecule has 0 spiro atoms. The molecule has 2 aromatic rings. The van der Waals surface area contributed by atoms with Gasteiger partial charge in [-0.15, -0.1) is 0 Å². The molecular formula is C14H15N5O3. The van der Waals surface area contributed by atoms with Crippen molar-refractivity contribution in [1.29, 1.82) is 0 Å². The van der Waals surface area contributed by atoms with E-state index < -0.39 is 6.10 Å². The van der Waals surface area contributed by atoms with Gasteiger partial charge in [-0.25, -0.2) is 9.97 Å². The highest BCUT2D eigenvalue weighted by atomic mass is 16.5. The van der Waals surface area contributed by atoms with Crippen LogP contribution in [0, 0.1) is 6.92 Å². The smallest absolute Gasteiger partial charge is 0.274 e. The number of rotatable bonds is 2. The van der Waals surface area contributed by atoms with Crippen molar-refractivity contribution in [3.8, 4) is 0 Å². The van der Waals surface area contributed by atoms with Crippen molar-refractivity contribution < 1.29 is 9.53 Å². The lowest BCUT2D eigenvalue weighted by Crippen LogP contribution is -2.43. The Labute approximate surface area is 126 Å². The maximum absolute atomic E-state index is 12.4. The number of hydrogen-bond acceptors (Lipinski definition) is 6. The molecule has 2 aromatic heterocycles. The molecule has 0 aliphatic carbocycles. The van der Waals surface area contributed by atoms with E-state index in [1.165, 1.54) is 24.7 Å². The summed E-state index contributed by atoms with van der Waals surface area (Å²) in [6.45, 7) is 2.88. The number of ether oxygens (including phenoxy) is 1. The van der Waals surface area contributed by atoms with Crippen molar-refractivity contribution in [1.82, 2.24) is 24.8 Å². The Hall–Kier alpha value is -2.61. The number of amides is 1. The monoisotopic (exact) mass is 301 g/mol. The molecule has 1 aliphatic rings. The van der Waals surface area contributed by atoms with E-state index in [0.717, 1.165) is 0 Å². The molecule has 1 unspecified atom stereocenters. The van der Waals surface area contributed by atoms with Crippen LogP contribution in [-0.2, 0) is 4.74 Å². The molecule has 0 bridgehead atoms. The minimum absolute atomic E-state index is 0.212. The largest absolute Gasteiger partial charge is 0.367 e.